The van der Waals surface area contributed by atoms with Gasteiger partial charge in [0.1, 0.15) is 0 Å². The lowest BCUT2D eigenvalue weighted by Gasteiger charge is -2.10. The van der Waals surface area contributed by atoms with Crippen LogP contribution in [0.2, 0.25) is 10.0 Å². The fourth-order valence-electron chi connectivity index (χ4n) is 1.33. The number of carbonyl (C=O) groups is 1. The van der Waals surface area contributed by atoms with E-state index in [-0.39, 0.29) is 11.8 Å². The van der Waals surface area contributed by atoms with E-state index in [1.807, 2.05) is 6.07 Å². The van der Waals surface area contributed by atoms with E-state index in [0.29, 0.717) is 29.6 Å². The van der Waals surface area contributed by atoms with Crippen molar-refractivity contribution < 1.29 is 4.79 Å². The Bertz CT molecular complexity index is 396. The maximum absolute atomic E-state index is 11.5. The van der Waals surface area contributed by atoms with Crippen molar-refractivity contribution in [2.45, 2.75) is 13.3 Å². The molecule has 0 saturated carbocycles. The molecule has 0 aliphatic heterocycles. The van der Waals surface area contributed by atoms with Crippen LogP contribution < -0.4 is 11.1 Å². The minimum atomic E-state index is -0.157. The van der Waals surface area contributed by atoms with Gasteiger partial charge in [-0.25, -0.2) is 0 Å². The molecule has 0 aliphatic carbocycles. The number of hydrogen-bond donors (Lipinski definition) is 2. The predicted molar refractivity (Wildman–Crippen MR) is 71.4 cm³/mol. The number of rotatable bonds is 5. The van der Waals surface area contributed by atoms with Crippen LogP contribution in [-0.4, -0.2) is 19.0 Å². The maximum atomic E-state index is 11.5. The largest absolute Gasteiger partial charge is 0.355 e. The molecule has 0 aromatic heterocycles. The van der Waals surface area contributed by atoms with Crippen molar-refractivity contribution in [2.75, 3.05) is 13.1 Å². The molecular weight excluding hydrogens is 259 g/mol. The molecule has 1 amide bonds. The first-order valence-corrected chi connectivity index (χ1v) is 6.22. The average Bonchev–Trinajstić information content (AvgIpc) is 2.30. The molecule has 0 radical (unpaired) electrons. The number of amides is 1. The second kappa shape index (κ2) is 6.84. The predicted octanol–water partition coefficient (Wildman–Crippen LogP) is 2.25. The van der Waals surface area contributed by atoms with Gasteiger partial charge in [-0.15, -0.1) is 0 Å². The van der Waals surface area contributed by atoms with Gasteiger partial charge in [0.2, 0.25) is 5.91 Å². The van der Waals surface area contributed by atoms with E-state index < -0.39 is 0 Å². The van der Waals surface area contributed by atoms with E-state index in [9.17, 15) is 4.79 Å². The number of nitrogens with two attached hydrogens (primary N) is 1. The SMILES string of the molecule is CC(CN)C(=O)NCCc1ccc(Cl)cc1Cl. The van der Waals surface area contributed by atoms with Crippen LogP contribution in [0.15, 0.2) is 18.2 Å². The Morgan fingerprint density at radius 2 is 2.18 bits per heavy atom. The van der Waals surface area contributed by atoms with Crippen molar-refractivity contribution in [1.82, 2.24) is 5.32 Å². The van der Waals surface area contributed by atoms with Crippen molar-refractivity contribution in [3.63, 3.8) is 0 Å². The van der Waals surface area contributed by atoms with Crippen LogP contribution in [0.5, 0.6) is 0 Å². The molecule has 94 valence electrons. The highest BCUT2D eigenvalue weighted by Gasteiger charge is 2.09. The van der Waals surface area contributed by atoms with Crippen LogP contribution in [-0.2, 0) is 11.2 Å². The maximum Gasteiger partial charge on any atom is 0.224 e. The molecule has 0 heterocycles. The van der Waals surface area contributed by atoms with Gasteiger partial charge < -0.3 is 11.1 Å². The molecule has 1 rings (SSSR count). The molecule has 3 N–H and O–H groups in total. The van der Waals surface area contributed by atoms with Gasteiger partial charge >= 0.3 is 0 Å². The van der Waals surface area contributed by atoms with Crippen LogP contribution in [0.4, 0.5) is 0 Å². The van der Waals surface area contributed by atoms with Crippen molar-refractivity contribution >= 4 is 29.1 Å². The van der Waals surface area contributed by atoms with Crippen LogP contribution >= 0.6 is 23.2 Å². The highest BCUT2D eigenvalue weighted by molar-refractivity contribution is 6.35. The number of benzene rings is 1. The summed E-state index contributed by atoms with van der Waals surface area (Å²) in [6, 6.07) is 5.35. The van der Waals surface area contributed by atoms with E-state index in [1.54, 1.807) is 19.1 Å². The Morgan fingerprint density at radius 1 is 1.47 bits per heavy atom. The minimum Gasteiger partial charge on any atom is -0.355 e. The fraction of sp³-hybridized carbons (Fsp3) is 0.417. The van der Waals surface area contributed by atoms with Crippen molar-refractivity contribution in [2.24, 2.45) is 11.7 Å². The van der Waals surface area contributed by atoms with E-state index >= 15 is 0 Å². The molecule has 0 aliphatic rings. The van der Waals surface area contributed by atoms with Crippen molar-refractivity contribution in [3.05, 3.63) is 33.8 Å². The molecule has 1 atom stereocenters. The average molecular weight is 275 g/mol. The molecule has 17 heavy (non-hydrogen) atoms. The standard InChI is InChI=1S/C12H16Cl2N2O/c1-8(7-15)12(17)16-5-4-9-2-3-10(13)6-11(9)14/h2-3,6,8H,4-5,7,15H2,1H3,(H,16,17). The summed E-state index contributed by atoms with van der Waals surface area (Å²) in [7, 11) is 0. The summed E-state index contributed by atoms with van der Waals surface area (Å²) >= 11 is 11.8. The summed E-state index contributed by atoms with van der Waals surface area (Å²) in [5.41, 5.74) is 6.37. The molecule has 3 nitrogen and oxygen atoms in total. The Hall–Kier alpha value is -0.770. The van der Waals surface area contributed by atoms with Gasteiger partial charge in [0.25, 0.3) is 0 Å². The van der Waals surface area contributed by atoms with Crippen LogP contribution in [0, 0.1) is 5.92 Å². The highest BCUT2D eigenvalue weighted by Crippen LogP contribution is 2.20. The van der Waals surface area contributed by atoms with E-state index in [4.69, 9.17) is 28.9 Å². The van der Waals surface area contributed by atoms with Crippen LogP contribution in [0.3, 0.4) is 0 Å². The summed E-state index contributed by atoms with van der Waals surface area (Å²) in [5.74, 6) is -0.187. The van der Waals surface area contributed by atoms with Crippen molar-refractivity contribution in [1.29, 1.82) is 0 Å². The zero-order valence-electron chi connectivity index (χ0n) is 9.67. The number of nitrogens with one attached hydrogen (secondary N) is 1. The zero-order chi connectivity index (χ0) is 12.8. The fourth-order valence-corrected chi connectivity index (χ4v) is 1.83. The van der Waals surface area contributed by atoms with Gasteiger partial charge in [-0.05, 0) is 24.1 Å². The first-order valence-electron chi connectivity index (χ1n) is 5.46. The third-order valence-electron chi connectivity index (χ3n) is 2.51. The van der Waals surface area contributed by atoms with Gasteiger partial charge in [-0.3, -0.25) is 4.79 Å². The van der Waals surface area contributed by atoms with Gasteiger partial charge in [0, 0.05) is 29.1 Å². The van der Waals surface area contributed by atoms with E-state index in [1.165, 1.54) is 0 Å². The summed E-state index contributed by atoms with van der Waals surface area (Å²) < 4.78 is 0. The molecule has 5 heteroatoms. The Labute approximate surface area is 111 Å². The van der Waals surface area contributed by atoms with Crippen LogP contribution in [0.1, 0.15) is 12.5 Å². The molecule has 0 bridgehead atoms. The number of hydrogen-bond acceptors (Lipinski definition) is 2. The van der Waals surface area contributed by atoms with E-state index in [0.717, 1.165) is 5.56 Å². The third-order valence-corrected chi connectivity index (χ3v) is 3.10. The third kappa shape index (κ3) is 4.54. The first-order chi connectivity index (χ1) is 8.04. The summed E-state index contributed by atoms with van der Waals surface area (Å²) in [4.78, 5) is 11.5. The quantitative estimate of drug-likeness (QED) is 0.866. The highest BCUT2D eigenvalue weighted by atomic mass is 35.5. The molecular formula is C12H16Cl2N2O. The lowest BCUT2D eigenvalue weighted by molar-refractivity contribution is -0.124. The molecule has 1 unspecified atom stereocenters. The molecule has 1 aromatic carbocycles. The summed E-state index contributed by atoms with van der Waals surface area (Å²) in [6.07, 6.45) is 0.680. The number of carbonyl (C=O) groups excluding carboxylic acids is 1. The van der Waals surface area contributed by atoms with Gasteiger partial charge in [-0.1, -0.05) is 36.2 Å². The van der Waals surface area contributed by atoms with Crippen molar-refractivity contribution in [3.8, 4) is 0 Å². The van der Waals surface area contributed by atoms with E-state index in [2.05, 4.69) is 5.32 Å². The Kier molecular flexibility index (Phi) is 5.75. The minimum absolute atomic E-state index is 0.0300. The summed E-state index contributed by atoms with van der Waals surface area (Å²) in [6.45, 7) is 2.70. The van der Waals surface area contributed by atoms with Gasteiger partial charge in [-0.2, -0.15) is 0 Å². The first kappa shape index (κ1) is 14.3. The lowest BCUT2D eigenvalue weighted by Crippen LogP contribution is -2.34. The Morgan fingerprint density at radius 3 is 2.76 bits per heavy atom. The second-order valence-corrected chi connectivity index (χ2v) is 4.76. The second-order valence-electron chi connectivity index (χ2n) is 3.91. The molecule has 1 aromatic rings. The topological polar surface area (TPSA) is 55.1 Å². The zero-order valence-corrected chi connectivity index (χ0v) is 11.2. The molecule has 0 fully saturated rings. The summed E-state index contributed by atoms with van der Waals surface area (Å²) in [5, 5.41) is 4.05. The number of halogens is 2. The lowest BCUT2D eigenvalue weighted by atomic mass is 10.1. The van der Waals surface area contributed by atoms with Gasteiger partial charge in [0.15, 0.2) is 0 Å². The monoisotopic (exact) mass is 274 g/mol. The smallest absolute Gasteiger partial charge is 0.224 e. The van der Waals surface area contributed by atoms with Crippen LogP contribution in [0.25, 0.3) is 0 Å². The Balaban J connectivity index is 2.43. The molecule has 0 saturated heterocycles. The normalized spacial score (nSPS) is 12.2. The van der Waals surface area contributed by atoms with Gasteiger partial charge in [0.05, 0.1) is 0 Å². The molecule has 0 spiro atoms.